The number of hydrogen-bond donors (Lipinski definition) is 1. The fraction of sp³-hybridized carbons (Fsp3) is 0.0952. The Morgan fingerprint density at radius 3 is 2.57 bits per heavy atom. The third-order valence-electron chi connectivity index (χ3n) is 4.61. The third kappa shape index (κ3) is 3.36. The molecule has 5 nitrogen and oxygen atoms in total. The molecule has 0 saturated carbocycles. The number of halogens is 1. The number of rotatable bonds is 4. The molecule has 0 radical (unpaired) electrons. The zero-order valence-electron chi connectivity index (χ0n) is 14.8. The van der Waals surface area contributed by atoms with Gasteiger partial charge in [0.2, 0.25) is 0 Å². The lowest BCUT2D eigenvalue weighted by atomic mass is 10.2. The molecule has 0 atom stereocenters. The second-order valence-electron chi connectivity index (χ2n) is 6.45. The third-order valence-corrected chi connectivity index (χ3v) is 6.42. The molecule has 7 heteroatoms. The van der Waals surface area contributed by atoms with Gasteiger partial charge in [0.15, 0.2) is 0 Å². The SMILES string of the molecule is O=C(Nc1cccc(F)c1)c1cccc(S(=O)(=O)N2CCc3ccccc32)c1. The van der Waals surface area contributed by atoms with E-state index in [-0.39, 0.29) is 10.5 Å². The summed E-state index contributed by atoms with van der Waals surface area (Å²) in [5.41, 5.74) is 2.12. The van der Waals surface area contributed by atoms with E-state index >= 15 is 0 Å². The summed E-state index contributed by atoms with van der Waals surface area (Å²) in [5.74, 6) is -0.980. The Labute approximate surface area is 162 Å². The number of para-hydroxylation sites is 1. The van der Waals surface area contributed by atoms with E-state index in [0.717, 1.165) is 5.56 Å². The predicted octanol–water partition coefficient (Wildman–Crippen LogP) is 3.83. The van der Waals surface area contributed by atoms with Crippen LogP contribution in [0.4, 0.5) is 15.8 Å². The fourth-order valence-corrected chi connectivity index (χ4v) is 4.80. The van der Waals surface area contributed by atoms with Gasteiger partial charge in [0.1, 0.15) is 5.82 Å². The fourth-order valence-electron chi connectivity index (χ4n) is 3.25. The van der Waals surface area contributed by atoms with Crippen molar-refractivity contribution in [2.45, 2.75) is 11.3 Å². The highest BCUT2D eigenvalue weighted by molar-refractivity contribution is 7.92. The lowest BCUT2D eigenvalue weighted by Crippen LogP contribution is -2.29. The van der Waals surface area contributed by atoms with Crippen LogP contribution in [0.15, 0.2) is 77.7 Å². The number of sulfonamides is 1. The molecule has 0 bridgehead atoms. The Morgan fingerprint density at radius 2 is 1.75 bits per heavy atom. The van der Waals surface area contributed by atoms with E-state index in [9.17, 15) is 17.6 Å². The zero-order valence-corrected chi connectivity index (χ0v) is 15.6. The summed E-state index contributed by atoms with van der Waals surface area (Å²) >= 11 is 0. The van der Waals surface area contributed by atoms with Crippen molar-refractivity contribution < 1.29 is 17.6 Å². The van der Waals surface area contributed by atoms with Crippen molar-refractivity contribution in [3.8, 4) is 0 Å². The number of hydrogen-bond acceptors (Lipinski definition) is 3. The largest absolute Gasteiger partial charge is 0.322 e. The molecule has 0 aliphatic carbocycles. The van der Waals surface area contributed by atoms with Crippen LogP contribution in [-0.2, 0) is 16.4 Å². The molecule has 1 N–H and O–H groups in total. The Morgan fingerprint density at radius 1 is 0.964 bits per heavy atom. The predicted molar refractivity (Wildman–Crippen MR) is 105 cm³/mol. The van der Waals surface area contributed by atoms with Crippen LogP contribution in [-0.4, -0.2) is 20.9 Å². The summed E-state index contributed by atoms with van der Waals surface area (Å²) in [5, 5.41) is 2.58. The molecule has 1 heterocycles. The molecule has 1 aliphatic heterocycles. The molecule has 0 spiro atoms. The Hall–Kier alpha value is -3.19. The van der Waals surface area contributed by atoms with E-state index in [2.05, 4.69) is 5.32 Å². The van der Waals surface area contributed by atoms with Crippen LogP contribution in [0.5, 0.6) is 0 Å². The first kappa shape index (κ1) is 18.2. The number of nitrogens with one attached hydrogen (secondary N) is 1. The van der Waals surface area contributed by atoms with E-state index in [0.29, 0.717) is 24.3 Å². The van der Waals surface area contributed by atoms with Crippen molar-refractivity contribution in [2.24, 2.45) is 0 Å². The number of carbonyl (C=O) groups excluding carboxylic acids is 1. The summed E-state index contributed by atoms with van der Waals surface area (Å²) in [6, 6.07) is 18.7. The quantitative estimate of drug-likeness (QED) is 0.729. The van der Waals surface area contributed by atoms with Gasteiger partial charge in [-0.2, -0.15) is 0 Å². The standard InChI is InChI=1S/C21H17FN2O3S/c22-17-7-4-8-18(14-17)23-21(25)16-6-3-9-19(13-16)28(26,27)24-12-11-15-5-1-2-10-20(15)24/h1-10,13-14H,11-12H2,(H,23,25). The Balaban J connectivity index is 1.62. The maximum absolute atomic E-state index is 13.3. The monoisotopic (exact) mass is 396 g/mol. The van der Waals surface area contributed by atoms with Gasteiger partial charge in [-0.25, -0.2) is 12.8 Å². The van der Waals surface area contributed by atoms with Crippen molar-refractivity contribution in [1.29, 1.82) is 0 Å². The summed E-state index contributed by atoms with van der Waals surface area (Å²) in [4.78, 5) is 12.5. The first-order chi connectivity index (χ1) is 13.4. The van der Waals surface area contributed by atoms with Gasteiger partial charge in [-0.05, 0) is 54.4 Å². The van der Waals surface area contributed by atoms with Crippen LogP contribution in [0.1, 0.15) is 15.9 Å². The van der Waals surface area contributed by atoms with E-state index in [1.807, 2.05) is 12.1 Å². The molecule has 0 unspecified atom stereocenters. The highest BCUT2D eigenvalue weighted by atomic mass is 32.2. The topological polar surface area (TPSA) is 66.5 Å². The van der Waals surface area contributed by atoms with Crippen molar-refractivity contribution in [1.82, 2.24) is 0 Å². The van der Waals surface area contributed by atoms with E-state index < -0.39 is 21.7 Å². The Bertz CT molecular complexity index is 1160. The summed E-state index contributed by atoms with van der Waals surface area (Å²) in [6.07, 6.45) is 0.648. The van der Waals surface area contributed by atoms with Crippen molar-refractivity contribution >= 4 is 27.3 Å². The second-order valence-corrected chi connectivity index (χ2v) is 8.31. The van der Waals surface area contributed by atoms with Gasteiger partial charge in [-0.1, -0.05) is 30.3 Å². The molecule has 142 valence electrons. The normalized spacial score (nSPS) is 13.2. The average Bonchev–Trinajstić information content (AvgIpc) is 3.13. The summed E-state index contributed by atoms with van der Waals surface area (Å²) in [6.45, 7) is 0.362. The molecule has 1 amide bonds. The van der Waals surface area contributed by atoms with Gasteiger partial charge >= 0.3 is 0 Å². The number of fused-ring (bicyclic) bond motifs is 1. The molecule has 0 aromatic heterocycles. The molecule has 3 aromatic carbocycles. The van der Waals surface area contributed by atoms with Crippen LogP contribution in [0.2, 0.25) is 0 Å². The van der Waals surface area contributed by atoms with Gasteiger partial charge in [0.25, 0.3) is 15.9 Å². The van der Waals surface area contributed by atoms with Crippen LogP contribution in [0.25, 0.3) is 0 Å². The smallest absolute Gasteiger partial charge is 0.264 e. The molecule has 3 aromatic rings. The molecule has 28 heavy (non-hydrogen) atoms. The van der Waals surface area contributed by atoms with Crippen LogP contribution >= 0.6 is 0 Å². The highest BCUT2D eigenvalue weighted by Gasteiger charge is 2.30. The number of benzene rings is 3. The van der Waals surface area contributed by atoms with Gasteiger partial charge < -0.3 is 5.32 Å². The molecular weight excluding hydrogens is 379 g/mol. The maximum atomic E-state index is 13.3. The lowest BCUT2D eigenvalue weighted by molar-refractivity contribution is 0.102. The first-order valence-corrected chi connectivity index (χ1v) is 10.2. The van der Waals surface area contributed by atoms with Gasteiger partial charge in [-0.15, -0.1) is 0 Å². The maximum Gasteiger partial charge on any atom is 0.264 e. The van der Waals surface area contributed by atoms with E-state index in [1.54, 1.807) is 18.2 Å². The minimum Gasteiger partial charge on any atom is -0.322 e. The molecular formula is C21H17FN2O3S. The lowest BCUT2D eigenvalue weighted by Gasteiger charge is -2.20. The number of nitrogens with zero attached hydrogens (tertiary/aromatic N) is 1. The van der Waals surface area contributed by atoms with Crippen molar-refractivity contribution in [3.05, 3.63) is 89.7 Å². The van der Waals surface area contributed by atoms with E-state index in [1.165, 1.54) is 46.8 Å². The zero-order chi connectivity index (χ0) is 19.7. The van der Waals surface area contributed by atoms with Gasteiger partial charge in [0, 0.05) is 17.8 Å². The molecule has 4 rings (SSSR count). The van der Waals surface area contributed by atoms with Crippen LogP contribution in [0, 0.1) is 5.82 Å². The van der Waals surface area contributed by atoms with Crippen molar-refractivity contribution in [3.63, 3.8) is 0 Å². The molecule has 1 aliphatic rings. The molecule has 0 saturated heterocycles. The van der Waals surface area contributed by atoms with E-state index in [4.69, 9.17) is 0 Å². The van der Waals surface area contributed by atoms with Crippen molar-refractivity contribution in [2.75, 3.05) is 16.2 Å². The summed E-state index contributed by atoms with van der Waals surface area (Å²) < 4.78 is 40.9. The number of carbonyl (C=O) groups is 1. The minimum absolute atomic E-state index is 0.0381. The highest BCUT2D eigenvalue weighted by Crippen LogP contribution is 2.32. The van der Waals surface area contributed by atoms with Crippen LogP contribution < -0.4 is 9.62 Å². The number of anilines is 2. The van der Waals surface area contributed by atoms with Gasteiger partial charge in [-0.3, -0.25) is 9.10 Å². The molecule has 0 fully saturated rings. The Kier molecular flexibility index (Phi) is 4.60. The number of amides is 1. The average molecular weight is 396 g/mol. The minimum atomic E-state index is -3.79. The second kappa shape index (κ2) is 7.09. The summed E-state index contributed by atoms with van der Waals surface area (Å²) in [7, 11) is -3.79. The first-order valence-electron chi connectivity index (χ1n) is 8.73. The van der Waals surface area contributed by atoms with Gasteiger partial charge in [0.05, 0.1) is 10.6 Å². The van der Waals surface area contributed by atoms with Crippen LogP contribution in [0.3, 0.4) is 0 Å².